The number of ether oxygens (including phenoxy) is 2. The van der Waals surface area contributed by atoms with Crippen molar-refractivity contribution in [2.75, 3.05) is 12.4 Å². The smallest absolute Gasteiger partial charge is 0.408 e. The Labute approximate surface area is 179 Å². The van der Waals surface area contributed by atoms with Crippen molar-refractivity contribution in [2.24, 2.45) is 0 Å². The molecule has 9 heteroatoms. The number of aliphatic carboxylic acids is 1. The molecule has 0 heterocycles. The van der Waals surface area contributed by atoms with Gasteiger partial charge in [0.1, 0.15) is 18.4 Å². The van der Waals surface area contributed by atoms with Gasteiger partial charge in [-0.25, -0.2) is 9.59 Å². The second-order valence-corrected chi connectivity index (χ2v) is 6.65. The fraction of sp³-hybridized carbons (Fsp3) is 0.273. The zero-order valence-electron chi connectivity index (χ0n) is 17.2. The van der Waals surface area contributed by atoms with Gasteiger partial charge in [0, 0.05) is 25.0 Å². The molecule has 0 bridgehead atoms. The van der Waals surface area contributed by atoms with E-state index in [0.29, 0.717) is 5.75 Å². The number of alkyl carbamates (subject to hydrolysis) is 1. The van der Waals surface area contributed by atoms with Crippen LogP contribution in [-0.2, 0) is 20.9 Å². The first-order chi connectivity index (χ1) is 14.8. The molecule has 0 aliphatic rings. The second-order valence-electron chi connectivity index (χ2n) is 6.65. The molecule has 1 unspecified atom stereocenters. The van der Waals surface area contributed by atoms with Gasteiger partial charge in [0.25, 0.3) is 0 Å². The maximum absolute atomic E-state index is 12.6. The van der Waals surface area contributed by atoms with Crippen LogP contribution in [0.5, 0.6) is 5.75 Å². The van der Waals surface area contributed by atoms with E-state index in [-0.39, 0.29) is 36.6 Å². The van der Waals surface area contributed by atoms with Crippen LogP contribution >= 0.6 is 0 Å². The topological polar surface area (TPSA) is 131 Å². The van der Waals surface area contributed by atoms with Gasteiger partial charge in [-0.15, -0.1) is 0 Å². The van der Waals surface area contributed by atoms with E-state index < -0.39 is 23.9 Å². The number of anilines is 1. The highest BCUT2D eigenvalue weighted by atomic mass is 16.5. The van der Waals surface area contributed by atoms with Crippen LogP contribution in [0.1, 0.15) is 35.7 Å². The lowest BCUT2D eigenvalue weighted by molar-refractivity contribution is -0.139. The van der Waals surface area contributed by atoms with Crippen LogP contribution in [-0.4, -0.2) is 42.0 Å². The highest BCUT2D eigenvalue weighted by Crippen LogP contribution is 2.24. The minimum Gasteiger partial charge on any atom is -0.497 e. The first-order valence-electron chi connectivity index (χ1n) is 9.49. The minimum absolute atomic E-state index is 0.0101. The van der Waals surface area contributed by atoms with Crippen LogP contribution in [0.25, 0.3) is 0 Å². The Balaban J connectivity index is 1.98. The molecule has 3 N–H and O–H groups in total. The number of carboxylic acid groups (broad SMARTS) is 1. The monoisotopic (exact) mass is 428 g/mol. The van der Waals surface area contributed by atoms with Gasteiger partial charge in [0.15, 0.2) is 5.78 Å². The summed E-state index contributed by atoms with van der Waals surface area (Å²) in [6.07, 6.45) is -1.22. The van der Waals surface area contributed by atoms with Crippen molar-refractivity contribution in [1.82, 2.24) is 5.32 Å². The number of hydrogen-bond acceptors (Lipinski definition) is 6. The zero-order chi connectivity index (χ0) is 22.8. The molecule has 2 rings (SSSR count). The molecule has 0 saturated heterocycles. The molecule has 164 valence electrons. The van der Waals surface area contributed by atoms with Gasteiger partial charge in [-0.2, -0.15) is 0 Å². The Hall–Kier alpha value is -3.88. The predicted molar refractivity (Wildman–Crippen MR) is 112 cm³/mol. The molecule has 0 saturated carbocycles. The lowest BCUT2D eigenvalue weighted by Gasteiger charge is -2.15. The van der Waals surface area contributed by atoms with Crippen LogP contribution in [0, 0.1) is 0 Å². The molecule has 0 aliphatic heterocycles. The molecule has 0 fully saturated rings. The first kappa shape index (κ1) is 23.4. The number of ketones is 1. The van der Waals surface area contributed by atoms with Gasteiger partial charge in [0.2, 0.25) is 5.91 Å². The third-order valence-electron chi connectivity index (χ3n) is 4.30. The molecule has 2 aromatic carbocycles. The molecule has 2 amide bonds. The highest BCUT2D eigenvalue weighted by Gasteiger charge is 2.23. The summed E-state index contributed by atoms with van der Waals surface area (Å²) in [5.74, 6) is -1.60. The SMILES string of the molecule is COc1ccc(C(=O)CCC(NC(=O)OCc2ccccc2)C(=O)O)c(NC(C)=O)c1. The number of carboxylic acids is 1. The van der Waals surface area contributed by atoms with Gasteiger partial charge in [0.05, 0.1) is 12.8 Å². The third kappa shape index (κ3) is 7.46. The molecular weight excluding hydrogens is 404 g/mol. The maximum atomic E-state index is 12.6. The molecule has 1 atom stereocenters. The van der Waals surface area contributed by atoms with E-state index in [1.807, 2.05) is 6.07 Å². The summed E-state index contributed by atoms with van der Waals surface area (Å²) in [6, 6.07) is 12.2. The van der Waals surface area contributed by atoms with Crippen molar-refractivity contribution in [1.29, 1.82) is 0 Å². The van der Waals surface area contributed by atoms with Gasteiger partial charge in [-0.3, -0.25) is 9.59 Å². The summed E-state index contributed by atoms with van der Waals surface area (Å²) >= 11 is 0. The average Bonchev–Trinajstić information content (AvgIpc) is 2.75. The predicted octanol–water partition coefficient (Wildman–Crippen LogP) is 3.00. The number of rotatable bonds is 10. The van der Waals surface area contributed by atoms with Crippen molar-refractivity contribution >= 4 is 29.4 Å². The lowest BCUT2D eigenvalue weighted by Crippen LogP contribution is -2.41. The Kier molecular flexibility index (Phi) is 8.56. The number of carbonyl (C=O) groups excluding carboxylic acids is 3. The van der Waals surface area contributed by atoms with Crippen LogP contribution in [0.4, 0.5) is 10.5 Å². The van der Waals surface area contributed by atoms with Gasteiger partial charge in [-0.1, -0.05) is 30.3 Å². The first-order valence-corrected chi connectivity index (χ1v) is 9.49. The molecular formula is C22H24N2O7. The van der Waals surface area contributed by atoms with E-state index in [4.69, 9.17) is 9.47 Å². The summed E-state index contributed by atoms with van der Waals surface area (Å²) in [7, 11) is 1.45. The number of methoxy groups -OCH3 is 1. The molecule has 9 nitrogen and oxygen atoms in total. The number of nitrogens with one attached hydrogen (secondary N) is 2. The maximum Gasteiger partial charge on any atom is 0.408 e. The van der Waals surface area contributed by atoms with Crippen molar-refractivity contribution in [3.05, 3.63) is 59.7 Å². The fourth-order valence-electron chi connectivity index (χ4n) is 2.76. The van der Waals surface area contributed by atoms with Crippen LogP contribution in [0.2, 0.25) is 0 Å². The average molecular weight is 428 g/mol. The largest absolute Gasteiger partial charge is 0.497 e. The number of benzene rings is 2. The van der Waals surface area contributed by atoms with E-state index in [9.17, 15) is 24.3 Å². The van der Waals surface area contributed by atoms with Gasteiger partial charge >= 0.3 is 12.1 Å². The van der Waals surface area contributed by atoms with Crippen molar-refractivity contribution < 1.29 is 33.8 Å². The van der Waals surface area contributed by atoms with E-state index in [2.05, 4.69) is 10.6 Å². The summed E-state index contributed by atoms with van der Waals surface area (Å²) in [5.41, 5.74) is 1.23. The highest BCUT2D eigenvalue weighted by molar-refractivity contribution is 6.05. The quantitative estimate of drug-likeness (QED) is 0.496. The Morgan fingerprint density at radius 1 is 1.06 bits per heavy atom. The molecule has 0 spiro atoms. The van der Waals surface area contributed by atoms with Gasteiger partial charge < -0.3 is 25.2 Å². The van der Waals surface area contributed by atoms with Crippen LogP contribution in [0.15, 0.2) is 48.5 Å². The van der Waals surface area contributed by atoms with Crippen molar-refractivity contribution in [3.63, 3.8) is 0 Å². The lowest BCUT2D eigenvalue weighted by atomic mass is 10.0. The van der Waals surface area contributed by atoms with E-state index in [0.717, 1.165) is 5.56 Å². The molecule has 0 aliphatic carbocycles. The number of carbonyl (C=O) groups is 4. The number of amides is 2. The fourth-order valence-corrected chi connectivity index (χ4v) is 2.76. The third-order valence-corrected chi connectivity index (χ3v) is 4.30. The van der Waals surface area contributed by atoms with Crippen LogP contribution < -0.4 is 15.4 Å². The number of Topliss-reactive ketones (excluding diaryl/α,β-unsaturated/α-hetero) is 1. The van der Waals surface area contributed by atoms with Crippen LogP contribution in [0.3, 0.4) is 0 Å². The molecule has 0 aromatic heterocycles. The van der Waals surface area contributed by atoms with Crippen molar-refractivity contribution in [3.8, 4) is 5.75 Å². The summed E-state index contributed by atoms with van der Waals surface area (Å²) in [5, 5.41) is 14.2. The minimum atomic E-state index is -1.31. The summed E-state index contributed by atoms with van der Waals surface area (Å²) in [4.78, 5) is 47.5. The Morgan fingerprint density at radius 3 is 2.39 bits per heavy atom. The second kappa shape index (κ2) is 11.3. The Morgan fingerprint density at radius 2 is 1.77 bits per heavy atom. The Bertz CT molecular complexity index is 944. The van der Waals surface area contributed by atoms with Gasteiger partial charge in [-0.05, 0) is 24.1 Å². The van der Waals surface area contributed by atoms with E-state index in [1.165, 1.54) is 26.2 Å². The molecule has 31 heavy (non-hydrogen) atoms. The van der Waals surface area contributed by atoms with E-state index >= 15 is 0 Å². The van der Waals surface area contributed by atoms with E-state index in [1.54, 1.807) is 30.3 Å². The standard InChI is InChI=1S/C22H24N2O7/c1-14(25)23-19-12-16(30-2)8-9-17(19)20(26)11-10-18(21(27)28)24-22(29)31-13-15-6-4-3-5-7-15/h3-9,12,18H,10-11,13H2,1-2H3,(H,23,25)(H,24,29)(H,27,28). The summed E-state index contributed by atoms with van der Waals surface area (Å²) < 4.78 is 10.1. The summed E-state index contributed by atoms with van der Waals surface area (Å²) in [6.45, 7) is 1.29. The number of hydrogen-bond donors (Lipinski definition) is 3. The normalized spacial score (nSPS) is 11.2. The molecule has 2 aromatic rings. The molecule has 0 radical (unpaired) electrons. The zero-order valence-corrected chi connectivity index (χ0v) is 17.2. The van der Waals surface area contributed by atoms with Crippen molar-refractivity contribution in [2.45, 2.75) is 32.4 Å².